The van der Waals surface area contributed by atoms with Crippen molar-refractivity contribution in [2.75, 3.05) is 0 Å². The van der Waals surface area contributed by atoms with Gasteiger partial charge >= 0.3 is 0 Å². The molecule has 0 saturated heterocycles. The minimum atomic E-state index is -0.898. The molecule has 118 valence electrons. The quantitative estimate of drug-likeness (QED) is 0.615. The second-order valence-corrected chi connectivity index (χ2v) is 5.10. The average molecular weight is 325 g/mol. The molecule has 24 heavy (non-hydrogen) atoms. The van der Waals surface area contributed by atoms with Gasteiger partial charge in [-0.3, -0.25) is 9.36 Å². The summed E-state index contributed by atoms with van der Waals surface area (Å²) >= 11 is 0. The van der Waals surface area contributed by atoms with E-state index in [1.54, 1.807) is 24.3 Å². The van der Waals surface area contributed by atoms with Gasteiger partial charge < -0.3 is 0 Å². The summed E-state index contributed by atoms with van der Waals surface area (Å²) in [7, 11) is 0. The molecular weight excluding hydrogens is 316 g/mol. The Bertz CT molecular complexity index is 1040. The van der Waals surface area contributed by atoms with E-state index in [9.17, 15) is 13.6 Å². The third-order valence-electron chi connectivity index (χ3n) is 3.69. The van der Waals surface area contributed by atoms with Gasteiger partial charge in [-0.2, -0.15) is 5.21 Å². The van der Waals surface area contributed by atoms with E-state index in [-0.39, 0.29) is 0 Å². The van der Waals surface area contributed by atoms with E-state index in [2.05, 4.69) is 20.6 Å². The zero-order valence-corrected chi connectivity index (χ0v) is 12.1. The first-order valence-corrected chi connectivity index (χ1v) is 6.99. The molecule has 2 heterocycles. The third kappa shape index (κ3) is 2.16. The number of aromatic nitrogens is 5. The van der Waals surface area contributed by atoms with Crippen molar-refractivity contribution in [3.05, 3.63) is 65.9 Å². The van der Waals surface area contributed by atoms with Crippen molar-refractivity contribution in [3.63, 3.8) is 0 Å². The topological polar surface area (TPSA) is 76.5 Å². The smallest absolute Gasteiger partial charge is 0.268 e. The minimum absolute atomic E-state index is 0.413. The molecular formula is C16H9F2N5O. The number of rotatable bonds is 2. The second kappa shape index (κ2) is 5.34. The molecule has 0 aliphatic carbocycles. The van der Waals surface area contributed by atoms with Gasteiger partial charge in [-0.25, -0.2) is 8.78 Å². The highest BCUT2D eigenvalue weighted by Crippen LogP contribution is 2.24. The van der Waals surface area contributed by atoms with Gasteiger partial charge in [0.2, 0.25) is 5.82 Å². The lowest BCUT2D eigenvalue weighted by Gasteiger charge is -2.07. The minimum Gasteiger partial charge on any atom is -0.283 e. The van der Waals surface area contributed by atoms with Gasteiger partial charge in [-0.15, -0.1) is 10.2 Å². The van der Waals surface area contributed by atoms with E-state index in [0.29, 0.717) is 22.3 Å². The molecule has 0 saturated carbocycles. The molecule has 0 aliphatic rings. The monoisotopic (exact) mass is 325 g/mol. The van der Waals surface area contributed by atoms with Crippen LogP contribution in [0.2, 0.25) is 0 Å². The van der Waals surface area contributed by atoms with Crippen LogP contribution >= 0.6 is 0 Å². The van der Waals surface area contributed by atoms with Crippen LogP contribution in [0.15, 0.2) is 48.7 Å². The molecule has 0 spiro atoms. The highest BCUT2D eigenvalue weighted by molar-refractivity contribution is 6.02. The lowest BCUT2D eigenvalue weighted by atomic mass is 10.1. The molecule has 0 radical (unpaired) electrons. The fourth-order valence-corrected chi connectivity index (χ4v) is 2.57. The van der Waals surface area contributed by atoms with E-state index < -0.39 is 23.1 Å². The number of aromatic amines is 1. The lowest BCUT2D eigenvalue weighted by molar-refractivity contribution is 0.0956. The first-order chi connectivity index (χ1) is 11.6. The Balaban J connectivity index is 1.82. The molecule has 0 fully saturated rings. The van der Waals surface area contributed by atoms with Gasteiger partial charge in [0.25, 0.3) is 5.91 Å². The Hall–Kier alpha value is -3.42. The Kier molecular flexibility index (Phi) is 3.16. The van der Waals surface area contributed by atoms with Gasteiger partial charge in [-0.05, 0) is 41.6 Å². The number of nitrogens with one attached hydrogen (secondary N) is 1. The van der Waals surface area contributed by atoms with Crippen molar-refractivity contribution in [2.24, 2.45) is 0 Å². The zero-order valence-electron chi connectivity index (χ0n) is 12.1. The molecule has 1 N–H and O–H groups in total. The first kappa shape index (κ1) is 14.2. The van der Waals surface area contributed by atoms with Crippen molar-refractivity contribution in [3.8, 4) is 11.4 Å². The normalized spacial score (nSPS) is 11.1. The van der Waals surface area contributed by atoms with E-state index in [1.165, 1.54) is 16.8 Å². The summed E-state index contributed by atoms with van der Waals surface area (Å²) in [4.78, 5) is 12.5. The van der Waals surface area contributed by atoms with Gasteiger partial charge in [0, 0.05) is 17.1 Å². The molecule has 4 rings (SSSR count). The first-order valence-electron chi connectivity index (χ1n) is 6.99. The standard InChI is InChI=1S/C16H9F2N5O/c17-11-2-1-3-12(18)14(11)16(24)23-7-6-9-8-10(4-5-13(9)23)15-19-21-22-20-15/h1-8H,(H,19,20,21,22). The summed E-state index contributed by atoms with van der Waals surface area (Å²) in [5, 5.41) is 14.3. The Morgan fingerprint density at radius 1 is 1.08 bits per heavy atom. The van der Waals surface area contributed by atoms with Crippen molar-refractivity contribution < 1.29 is 13.6 Å². The Morgan fingerprint density at radius 3 is 2.58 bits per heavy atom. The number of H-pyrrole nitrogens is 1. The van der Waals surface area contributed by atoms with Crippen molar-refractivity contribution in [1.29, 1.82) is 0 Å². The molecule has 0 aliphatic heterocycles. The molecule has 0 amide bonds. The molecule has 2 aromatic heterocycles. The number of carbonyl (C=O) groups excluding carboxylic acids is 1. The van der Waals surface area contributed by atoms with E-state index in [4.69, 9.17) is 0 Å². The number of halogens is 2. The highest BCUT2D eigenvalue weighted by Gasteiger charge is 2.20. The lowest BCUT2D eigenvalue weighted by Crippen LogP contribution is -2.14. The van der Waals surface area contributed by atoms with Gasteiger partial charge in [0.1, 0.15) is 17.2 Å². The van der Waals surface area contributed by atoms with Crippen LogP contribution in [0.25, 0.3) is 22.3 Å². The molecule has 8 heteroatoms. The third-order valence-corrected chi connectivity index (χ3v) is 3.69. The Morgan fingerprint density at radius 2 is 1.88 bits per heavy atom. The molecule has 0 unspecified atom stereocenters. The maximum Gasteiger partial charge on any atom is 0.268 e. The van der Waals surface area contributed by atoms with Crippen molar-refractivity contribution >= 4 is 16.8 Å². The summed E-state index contributed by atoms with van der Waals surface area (Å²) in [6.45, 7) is 0. The van der Waals surface area contributed by atoms with E-state index >= 15 is 0 Å². The van der Waals surface area contributed by atoms with Gasteiger partial charge in [0.15, 0.2) is 0 Å². The van der Waals surface area contributed by atoms with Crippen LogP contribution in [0.3, 0.4) is 0 Å². The fraction of sp³-hybridized carbons (Fsp3) is 0. The van der Waals surface area contributed by atoms with Crippen LogP contribution in [0, 0.1) is 11.6 Å². The summed E-state index contributed by atoms with van der Waals surface area (Å²) in [5.74, 6) is -2.15. The SMILES string of the molecule is O=C(c1c(F)cccc1F)n1ccc2cc(-c3nn[nH]n3)ccc21. The highest BCUT2D eigenvalue weighted by atomic mass is 19.1. The van der Waals surface area contributed by atoms with E-state index in [0.717, 1.165) is 12.1 Å². The van der Waals surface area contributed by atoms with Crippen molar-refractivity contribution in [2.45, 2.75) is 0 Å². The molecule has 0 bridgehead atoms. The number of fused-ring (bicyclic) bond motifs is 1. The summed E-state index contributed by atoms with van der Waals surface area (Å²) in [5.41, 5.74) is 0.644. The second-order valence-electron chi connectivity index (χ2n) is 5.10. The fourth-order valence-electron chi connectivity index (χ4n) is 2.57. The van der Waals surface area contributed by atoms with E-state index in [1.807, 2.05) is 0 Å². The predicted molar refractivity (Wildman–Crippen MR) is 81.2 cm³/mol. The Labute approximate surface area is 133 Å². The molecule has 6 nitrogen and oxygen atoms in total. The van der Waals surface area contributed by atoms with Gasteiger partial charge in [-0.1, -0.05) is 6.07 Å². The molecule has 2 aromatic carbocycles. The number of hydrogen-bond donors (Lipinski definition) is 1. The van der Waals surface area contributed by atoms with Gasteiger partial charge in [0.05, 0.1) is 5.52 Å². The number of benzene rings is 2. The molecule has 4 aromatic rings. The zero-order chi connectivity index (χ0) is 16.7. The van der Waals surface area contributed by atoms with Crippen LogP contribution in [-0.4, -0.2) is 31.1 Å². The summed E-state index contributed by atoms with van der Waals surface area (Å²) in [6, 6.07) is 10.1. The summed E-state index contributed by atoms with van der Waals surface area (Å²) < 4.78 is 28.9. The van der Waals surface area contributed by atoms with Crippen LogP contribution in [0.5, 0.6) is 0 Å². The van der Waals surface area contributed by atoms with Crippen LogP contribution in [0.1, 0.15) is 10.4 Å². The van der Waals surface area contributed by atoms with Crippen molar-refractivity contribution in [1.82, 2.24) is 25.2 Å². The summed E-state index contributed by atoms with van der Waals surface area (Å²) in [6.07, 6.45) is 1.47. The maximum absolute atomic E-state index is 13.8. The van der Waals surface area contributed by atoms with Crippen LogP contribution < -0.4 is 0 Å². The predicted octanol–water partition coefficient (Wildman–Crippen LogP) is 2.79. The number of carbonyl (C=O) groups is 1. The maximum atomic E-state index is 13.8. The number of tetrazole rings is 1. The van der Waals surface area contributed by atoms with Crippen LogP contribution in [0.4, 0.5) is 8.78 Å². The number of hydrogen-bond acceptors (Lipinski definition) is 4. The average Bonchev–Trinajstić information content (AvgIpc) is 3.23. The molecule has 0 atom stereocenters. The van der Waals surface area contributed by atoms with Crippen LogP contribution in [-0.2, 0) is 0 Å². The number of nitrogens with zero attached hydrogens (tertiary/aromatic N) is 4. The largest absolute Gasteiger partial charge is 0.283 e.